The Morgan fingerprint density at radius 2 is 2.08 bits per heavy atom. The fourth-order valence-electron chi connectivity index (χ4n) is 6.89. The topological polar surface area (TPSA) is 114 Å². The average molecular weight is 537 g/mol. The van der Waals surface area contributed by atoms with E-state index in [0.29, 0.717) is 35.7 Å². The molecule has 6 rings (SSSR count). The van der Waals surface area contributed by atoms with Crippen LogP contribution >= 0.6 is 11.6 Å². The maximum Gasteiger partial charge on any atom is 0.218 e. The summed E-state index contributed by atoms with van der Waals surface area (Å²) in [4.78, 5) is 11.0. The zero-order chi connectivity index (χ0) is 26.6. The minimum Gasteiger partial charge on any atom is -0.473 e. The van der Waals surface area contributed by atoms with Crippen molar-refractivity contribution in [3.8, 4) is 23.5 Å². The van der Waals surface area contributed by atoms with Crippen molar-refractivity contribution in [2.75, 3.05) is 19.3 Å². The van der Waals surface area contributed by atoms with Crippen molar-refractivity contribution in [1.29, 1.82) is 5.26 Å². The van der Waals surface area contributed by atoms with E-state index in [0.717, 1.165) is 61.0 Å². The lowest BCUT2D eigenvalue weighted by molar-refractivity contribution is 0.0810. The van der Waals surface area contributed by atoms with Crippen LogP contribution in [0.2, 0.25) is 5.15 Å². The van der Waals surface area contributed by atoms with E-state index in [1.165, 1.54) is 6.07 Å². The van der Waals surface area contributed by atoms with Crippen molar-refractivity contribution in [1.82, 2.24) is 20.0 Å². The van der Waals surface area contributed by atoms with E-state index in [2.05, 4.69) is 21.2 Å². The van der Waals surface area contributed by atoms with E-state index in [1.54, 1.807) is 0 Å². The van der Waals surface area contributed by atoms with E-state index in [4.69, 9.17) is 26.6 Å². The minimum atomic E-state index is -0.962. The fraction of sp³-hybridized carbons (Fsp3) is 0.500. The molecule has 0 radical (unpaired) electrons. The number of anilines is 1. The molecule has 1 saturated heterocycles. The monoisotopic (exact) mass is 536 g/mol. The standard InChI is InChI=1S/C28H30ClFN6O2/c1-15(25-19(30)9-12-36(25)2)37-22-13-21(29)33-27(34-22)24-17-6-4-11-28(26(17)38-35-24)10-3-5-16-7-8-20(32)18(14-31)23(16)28/h7-8,13,15,19,25H,3-6,9-12,32H2,1-2H3/t15?,19-,25+,28?/m0/s1. The summed E-state index contributed by atoms with van der Waals surface area (Å²) >= 11 is 6.39. The van der Waals surface area contributed by atoms with Gasteiger partial charge in [-0.1, -0.05) is 22.8 Å². The Balaban J connectivity index is 1.40. The molecular weight excluding hydrogens is 507 g/mol. The molecule has 1 spiro atoms. The van der Waals surface area contributed by atoms with Gasteiger partial charge in [0.2, 0.25) is 5.88 Å². The van der Waals surface area contributed by atoms with E-state index in [1.807, 2.05) is 31.0 Å². The molecule has 1 aliphatic heterocycles. The summed E-state index contributed by atoms with van der Waals surface area (Å²) in [5.74, 6) is 1.33. The number of rotatable bonds is 4. The number of nitrogens with zero attached hydrogens (tertiary/aromatic N) is 5. The van der Waals surface area contributed by atoms with Crippen molar-refractivity contribution < 1.29 is 13.7 Å². The summed E-state index contributed by atoms with van der Waals surface area (Å²) in [6.07, 6.45) is 4.31. The molecule has 0 bridgehead atoms. The van der Waals surface area contributed by atoms with Gasteiger partial charge in [-0.3, -0.25) is 4.90 Å². The highest BCUT2D eigenvalue weighted by molar-refractivity contribution is 6.29. The molecule has 8 nitrogen and oxygen atoms in total. The highest BCUT2D eigenvalue weighted by Crippen LogP contribution is 2.53. The average Bonchev–Trinajstić information content (AvgIpc) is 3.48. The summed E-state index contributed by atoms with van der Waals surface area (Å²) in [5, 5.41) is 14.7. The molecule has 1 aromatic carbocycles. The molecule has 0 saturated carbocycles. The van der Waals surface area contributed by atoms with Gasteiger partial charge in [0, 0.05) is 23.9 Å². The molecule has 2 unspecified atom stereocenters. The Hall–Kier alpha value is -3.22. The third-order valence-corrected chi connectivity index (χ3v) is 8.72. The number of aryl methyl sites for hydroxylation is 1. The van der Waals surface area contributed by atoms with Crippen LogP contribution in [0, 0.1) is 11.3 Å². The van der Waals surface area contributed by atoms with Crippen molar-refractivity contribution >= 4 is 17.3 Å². The van der Waals surface area contributed by atoms with Gasteiger partial charge in [-0.2, -0.15) is 10.2 Å². The van der Waals surface area contributed by atoms with Gasteiger partial charge < -0.3 is 15.0 Å². The molecule has 3 heterocycles. The molecule has 10 heteroatoms. The first kappa shape index (κ1) is 25.1. The number of nitrogens with two attached hydrogens (primary N) is 1. The lowest BCUT2D eigenvalue weighted by Crippen LogP contribution is -2.42. The molecule has 2 aromatic heterocycles. The number of likely N-dealkylation sites (N-methyl/N-ethyl adjacent to an activating group) is 1. The fourth-order valence-corrected chi connectivity index (χ4v) is 7.07. The molecule has 1 fully saturated rings. The smallest absolute Gasteiger partial charge is 0.218 e. The van der Waals surface area contributed by atoms with Crippen molar-refractivity contribution in [2.45, 2.75) is 75.6 Å². The van der Waals surface area contributed by atoms with Crippen LogP contribution in [-0.4, -0.2) is 51.9 Å². The van der Waals surface area contributed by atoms with E-state index >= 15 is 0 Å². The largest absolute Gasteiger partial charge is 0.473 e. The van der Waals surface area contributed by atoms with Gasteiger partial charge in [0.05, 0.1) is 17.0 Å². The van der Waals surface area contributed by atoms with Crippen LogP contribution in [0.1, 0.15) is 67.0 Å². The van der Waals surface area contributed by atoms with Crippen LogP contribution in [0.25, 0.3) is 11.5 Å². The number of alkyl halides is 1. The number of nitriles is 1. The second-order valence-electron chi connectivity index (χ2n) is 10.8. The summed E-state index contributed by atoms with van der Waals surface area (Å²) in [6.45, 7) is 2.53. The Morgan fingerprint density at radius 1 is 1.29 bits per heavy atom. The highest BCUT2D eigenvalue weighted by Gasteiger charge is 2.48. The van der Waals surface area contributed by atoms with Crippen LogP contribution in [0.5, 0.6) is 5.88 Å². The molecular formula is C28H30ClFN6O2. The lowest BCUT2D eigenvalue weighted by Gasteiger charge is -2.41. The number of hydrogen-bond acceptors (Lipinski definition) is 8. The van der Waals surface area contributed by atoms with Crippen LogP contribution in [0.4, 0.5) is 10.1 Å². The van der Waals surface area contributed by atoms with E-state index in [9.17, 15) is 9.65 Å². The first-order valence-corrected chi connectivity index (χ1v) is 13.6. The Bertz CT molecular complexity index is 1420. The Morgan fingerprint density at radius 3 is 2.82 bits per heavy atom. The molecule has 198 valence electrons. The van der Waals surface area contributed by atoms with Crippen LogP contribution in [0.15, 0.2) is 22.7 Å². The Kier molecular flexibility index (Phi) is 6.28. The normalized spacial score (nSPS) is 25.6. The Labute approximate surface area is 225 Å². The van der Waals surface area contributed by atoms with Crippen molar-refractivity contribution in [3.05, 3.63) is 51.4 Å². The van der Waals surface area contributed by atoms with Gasteiger partial charge >= 0.3 is 0 Å². The van der Waals surface area contributed by atoms with Gasteiger partial charge in [0.1, 0.15) is 23.5 Å². The van der Waals surface area contributed by atoms with Crippen LogP contribution in [-0.2, 0) is 18.3 Å². The first-order chi connectivity index (χ1) is 18.3. The van der Waals surface area contributed by atoms with Crippen molar-refractivity contribution in [2.24, 2.45) is 0 Å². The number of ether oxygens (including phenoxy) is 1. The maximum atomic E-state index is 14.5. The lowest BCUT2D eigenvalue weighted by atomic mass is 9.61. The third-order valence-electron chi connectivity index (χ3n) is 8.52. The zero-order valence-corrected chi connectivity index (χ0v) is 22.3. The number of nitrogen functional groups attached to an aromatic ring is 1. The zero-order valence-electron chi connectivity index (χ0n) is 21.5. The number of aromatic nitrogens is 3. The number of likely N-dealkylation sites (tertiary alicyclic amines) is 1. The second-order valence-corrected chi connectivity index (χ2v) is 11.1. The molecule has 3 aliphatic rings. The van der Waals surface area contributed by atoms with Crippen LogP contribution < -0.4 is 10.5 Å². The SMILES string of the molecule is CC(Oc1cc(Cl)nc(-c2noc3c2CCCC32CCCc3ccc(N)c(C#N)c32)n1)[C@@H]1[C@@H](F)CCN1C. The van der Waals surface area contributed by atoms with Gasteiger partial charge in [0.25, 0.3) is 0 Å². The van der Waals surface area contributed by atoms with Crippen molar-refractivity contribution in [3.63, 3.8) is 0 Å². The molecule has 2 N–H and O–H groups in total. The molecule has 38 heavy (non-hydrogen) atoms. The first-order valence-electron chi connectivity index (χ1n) is 13.2. The molecule has 3 aromatic rings. The van der Waals surface area contributed by atoms with Crippen LogP contribution in [0.3, 0.4) is 0 Å². The highest BCUT2D eigenvalue weighted by atomic mass is 35.5. The van der Waals surface area contributed by atoms with Gasteiger partial charge in [-0.15, -0.1) is 0 Å². The van der Waals surface area contributed by atoms with E-state index < -0.39 is 17.7 Å². The molecule has 4 atom stereocenters. The molecule has 2 aliphatic carbocycles. The minimum absolute atomic E-state index is 0.207. The summed E-state index contributed by atoms with van der Waals surface area (Å²) in [7, 11) is 1.90. The predicted molar refractivity (Wildman–Crippen MR) is 141 cm³/mol. The predicted octanol–water partition coefficient (Wildman–Crippen LogP) is 5.01. The van der Waals surface area contributed by atoms with Gasteiger partial charge in [-0.25, -0.2) is 9.37 Å². The molecule has 0 amide bonds. The quantitative estimate of drug-likeness (QED) is 0.365. The maximum absolute atomic E-state index is 14.5. The number of benzene rings is 1. The number of fused-ring (bicyclic) bond motifs is 4. The summed E-state index contributed by atoms with van der Waals surface area (Å²) in [6, 6.07) is 7.38. The number of hydrogen-bond donors (Lipinski definition) is 1. The van der Waals surface area contributed by atoms with E-state index in [-0.39, 0.29) is 17.1 Å². The second kappa shape index (κ2) is 9.51. The van der Waals surface area contributed by atoms with Gasteiger partial charge in [0.15, 0.2) is 17.3 Å². The summed E-state index contributed by atoms with van der Waals surface area (Å²) < 4.78 is 26.6. The van der Waals surface area contributed by atoms with Gasteiger partial charge in [-0.05, 0) is 76.1 Å². The third kappa shape index (κ3) is 3.93. The summed E-state index contributed by atoms with van der Waals surface area (Å²) in [5.41, 5.74) is 10.4. The number of halogens is 2.